The second-order valence-corrected chi connectivity index (χ2v) is 5.73. The smallest absolute Gasteiger partial charge is 0.123 e. The van der Waals surface area contributed by atoms with Gasteiger partial charge in [0, 0.05) is 19.1 Å². The Morgan fingerprint density at radius 2 is 2.11 bits per heavy atom. The maximum absolute atomic E-state index is 13.4. The fourth-order valence-corrected chi connectivity index (χ4v) is 3.27. The Kier molecular flexibility index (Phi) is 4.58. The number of halogens is 1. The Bertz CT molecular complexity index is 415. The third-order valence-electron chi connectivity index (χ3n) is 4.87. The van der Waals surface area contributed by atoms with Crippen molar-refractivity contribution in [1.82, 2.24) is 4.90 Å². The van der Waals surface area contributed by atoms with Crippen molar-refractivity contribution in [3.8, 4) is 0 Å². The van der Waals surface area contributed by atoms with Crippen LogP contribution >= 0.6 is 0 Å². The Hall–Kier alpha value is -0.930. The van der Waals surface area contributed by atoms with Crippen molar-refractivity contribution in [1.29, 1.82) is 0 Å². The lowest BCUT2D eigenvalue weighted by atomic mass is 9.82. The predicted octanol–water partition coefficient (Wildman–Crippen LogP) is 3.34. The SMILES string of the molecule is CCC1(CC)CCN(C(CN)c2cccc(F)c2)C1. The van der Waals surface area contributed by atoms with Crippen molar-refractivity contribution >= 4 is 0 Å². The summed E-state index contributed by atoms with van der Waals surface area (Å²) in [6.45, 7) is 7.24. The molecule has 0 radical (unpaired) electrons. The molecular formula is C16H25FN2. The van der Waals surface area contributed by atoms with Gasteiger partial charge in [-0.2, -0.15) is 0 Å². The van der Waals surface area contributed by atoms with E-state index >= 15 is 0 Å². The number of benzene rings is 1. The summed E-state index contributed by atoms with van der Waals surface area (Å²) in [5.41, 5.74) is 7.38. The van der Waals surface area contributed by atoms with Crippen LogP contribution < -0.4 is 5.73 Å². The summed E-state index contributed by atoms with van der Waals surface area (Å²) < 4.78 is 13.4. The highest BCUT2D eigenvalue weighted by Crippen LogP contribution is 2.40. The Morgan fingerprint density at radius 1 is 1.37 bits per heavy atom. The third kappa shape index (κ3) is 2.98. The zero-order valence-electron chi connectivity index (χ0n) is 12.0. The van der Waals surface area contributed by atoms with Crippen molar-refractivity contribution < 1.29 is 4.39 Å². The number of rotatable bonds is 5. The summed E-state index contributed by atoms with van der Waals surface area (Å²) >= 11 is 0. The molecule has 2 rings (SSSR count). The van der Waals surface area contributed by atoms with Crippen LogP contribution in [0.4, 0.5) is 4.39 Å². The molecule has 1 saturated heterocycles. The molecule has 1 aliphatic heterocycles. The monoisotopic (exact) mass is 264 g/mol. The van der Waals surface area contributed by atoms with Gasteiger partial charge < -0.3 is 5.73 Å². The molecule has 0 aromatic heterocycles. The first kappa shape index (κ1) is 14.5. The van der Waals surface area contributed by atoms with Crippen LogP contribution in [-0.2, 0) is 0 Å². The summed E-state index contributed by atoms with van der Waals surface area (Å²) in [6.07, 6.45) is 3.65. The zero-order valence-corrected chi connectivity index (χ0v) is 12.0. The van der Waals surface area contributed by atoms with Crippen LogP contribution in [0.5, 0.6) is 0 Å². The van der Waals surface area contributed by atoms with Crippen LogP contribution in [0, 0.1) is 11.2 Å². The zero-order chi connectivity index (χ0) is 13.9. The van der Waals surface area contributed by atoms with E-state index in [-0.39, 0.29) is 11.9 Å². The summed E-state index contributed by atoms with van der Waals surface area (Å²) in [4.78, 5) is 2.43. The first-order chi connectivity index (χ1) is 9.14. The molecule has 1 aliphatic rings. The van der Waals surface area contributed by atoms with E-state index in [0.717, 1.165) is 18.7 Å². The largest absolute Gasteiger partial charge is 0.329 e. The molecule has 0 aliphatic carbocycles. The van der Waals surface area contributed by atoms with Gasteiger partial charge in [0.25, 0.3) is 0 Å². The molecule has 3 heteroatoms. The minimum absolute atomic E-state index is 0.149. The van der Waals surface area contributed by atoms with Crippen molar-refractivity contribution in [2.45, 2.75) is 39.2 Å². The summed E-state index contributed by atoms with van der Waals surface area (Å²) in [5, 5.41) is 0. The lowest BCUT2D eigenvalue weighted by molar-refractivity contribution is 0.197. The van der Waals surface area contributed by atoms with E-state index in [0.29, 0.717) is 12.0 Å². The quantitative estimate of drug-likeness (QED) is 0.884. The van der Waals surface area contributed by atoms with E-state index in [9.17, 15) is 4.39 Å². The lowest BCUT2D eigenvalue weighted by Crippen LogP contribution is -2.34. The van der Waals surface area contributed by atoms with E-state index in [1.807, 2.05) is 6.07 Å². The molecule has 0 spiro atoms. The Morgan fingerprint density at radius 3 is 2.63 bits per heavy atom. The second-order valence-electron chi connectivity index (χ2n) is 5.73. The average Bonchev–Trinajstić information content (AvgIpc) is 2.85. The number of nitrogens with zero attached hydrogens (tertiary/aromatic N) is 1. The number of hydrogen-bond donors (Lipinski definition) is 1. The highest BCUT2D eigenvalue weighted by Gasteiger charge is 2.37. The molecule has 106 valence electrons. The molecule has 1 atom stereocenters. The maximum Gasteiger partial charge on any atom is 0.123 e. The van der Waals surface area contributed by atoms with E-state index in [4.69, 9.17) is 5.73 Å². The number of likely N-dealkylation sites (tertiary alicyclic amines) is 1. The molecule has 1 heterocycles. The maximum atomic E-state index is 13.4. The molecule has 2 N–H and O–H groups in total. The van der Waals surface area contributed by atoms with E-state index in [2.05, 4.69) is 18.7 Å². The minimum atomic E-state index is -0.174. The standard InChI is InChI=1S/C16H25FN2/c1-3-16(4-2)8-9-19(12-16)15(11-18)13-6-5-7-14(17)10-13/h5-7,10,15H,3-4,8-9,11-12,18H2,1-2H3. The highest BCUT2D eigenvalue weighted by molar-refractivity contribution is 5.21. The molecule has 0 saturated carbocycles. The van der Waals surface area contributed by atoms with Crippen LogP contribution in [0.15, 0.2) is 24.3 Å². The fraction of sp³-hybridized carbons (Fsp3) is 0.625. The summed E-state index contributed by atoms with van der Waals surface area (Å²) in [6, 6.07) is 7.02. The van der Waals surface area contributed by atoms with Crippen molar-refractivity contribution in [2.75, 3.05) is 19.6 Å². The molecule has 1 aromatic rings. The highest BCUT2D eigenvalue weighted by atomic mass is 19.1. The van der Waals surface area contributed by atoms with Crippen LogP contribution in [-0.4, -0.2) is 24.5 Å². The van der Waals surface area contributed by atoms with E-state index in [1.165, 1.54) is 25.3 Å². The topological polar surface area (TPSA) is 29.3 Å². The molecule has 0 amide bonds. The van der Waals surface area contributed by atoms with Crippen molar-refractivity contribution in [2.24, 2.45) is 11.1 Å². The van der Waals surface area contributed by atoms with Crippen LogP contribution in [0.1, 0.15) is 44.7 Å². The first-order valence-electron chi connectivity index (χ1n) is 7.33. The van der Waals surface area contributed by atoms with Gasteiger partial charge >= 0.3 is 0 Å². The van der Waals surface area contributed by atoms with Gasteiger partial charge in [-0.1, -0.05) is 26.0 Å². The molecule has 19 heavy (non-hydrogen) atoms. The van der Waals surface area contributed by atoms with E-state index in [1.54, 1.807) is 12.1 Å². The Balaban J connectivity index is 2.16. The predicted molar refractivity (Wildman–Crippen MR) is 77.4 cm³/mol. The van der Waals surface area contributed by atoms with Crippen LogP contribution in [0.25, 0.3) is 0 Å². The van der Waals surface area contributed by atoms with Gasteiger partial charge in [0.2, 0.25) is 0 Å². The van der Waals surface area contributed by atoms with Gasteiger partial charge in [0.1, 0.15) is 5.82 Å². The average molecular weight is 264 g/mol. The minimum Gasteiger partial charge on any atom is -0.329 e. The normalized spacial score (nSPS) is 20.6. The van der Waals surface area contributed by atoms with Crippen molar-refractivity contribution in [3.05, 3.63) is 35.6 Å². The van der Waals surface area contributed by atoms with Gasteiger partial charge in [0.05, 0.1) is 0 Å². The first-order valence-corrected chi connectivity index (χ1v) is 7.33. The molecule has 1 unspecified atom stereocenters. The molecule has 0 bridgehead atoms. The lowest BCUT2D eigenvalue weighted by Gasteiger charge is -2.31. The van der Waals surface area contributed by atoms with Gasteiger partial charge in [-0.15, -0.1) is 0 Å². The molecule has 1 fully saturated rings. The van der Waals surface area contributed by atoms with Crippen molar-refractivity contribution in [3.63, 3.8) is 0 Å². The van der Waals surface area contributed by atoms with Crippen LogP contribution in [0.3, 0.4) is 0 Å². The Labute approximate surface area is 115 Å². The second kappa shape index (κ2) is 6.02. The third-order valence-corrected chi connectivity index (χ3v) is 4.87. The molecule has 1 aromatic carbocycles. The van der Waals surface area contributed by atoms with Gasteiger partial charge in [-0.25, -0.2) is 4.39 Å². The van der Waals surface area contributed by atoms with Crippen LogP contribution in [0.2, 0.25) is 0 Å². The molecular weight excluding hydrogens is 239 g/mol. The van der Waals surface area contributed by atoms with Gasteiger partial charge in [0.15, 0.2) is 0 Å². The number of hydrogen-bond acceptors (Lipinski definition) is 2. The summed E-state index contributed by atoms with van der Waals surface area (Å²) in [7, 11) is 0. The van der Waals surface area contributed by atoms with E-state index < -0.39 is 0 Å². The fourth-order valence-electron chi connectivity index (χ4n) is 3.27. The number of nitrogens with two attached hydrogens (primary N) is 1. The van der Waals surface area contributed by atoms with Gasteiger partial charge in [-0.3, -0.25) is 4.90 Å². The molecule has 2 nitrogen and oxygen atoms in total. The summed E-state index contributed by atoms with van der Waals surface area (Å²) in [5.74, 6) is -0.174. The van der Waals surface area contributed by atoms with Gasteiger partial charge in [-0.05, 0) is 48.9 Å².